The van der Waals surface area contributed by atoms with Crippen LogP contribution in [0.2, 0.25) is 0 Å². The maximum Gasteiger partial charge on any atom is 0.250 e. The number of nitrogen functional groups attached to an aromatic ring is 1. The summed E-state index contributed by atoms with van der Waals surface area (Å²) in [6.45, 7) is 2.59. The molecule has 1 aromatic heterocycles. The van der Waals surface area contributed by atoms with Crippen LogP contribution in [-0.4, -0.2) is 4.57 Å². The molecule has 2 aromatic rings. The van der Waals surface area contributed by atoms with E-state index in [1.165, 1.54) is 5.56 Å². The number of aromatic nitrogens is 1. The van der Waals surface area contributed by atoms with Crippen LogP contribution in [0.1, 0.15) is 24.0 Å². The van der Waals surface area contributed by atoms with Gasteiger partial charge in [0, 0.05) is 18.8 Å². The summed E-state index contributed by atoms with van der Waals surface area (Å²) in [6.07, 6.45) is 4.86. The Hall–Kier alpha value is -2.03. The van der Waals surface area contributed by atoms with Crippen molar-refractivity contribution in [2.24, 2.45) is 0 Å². The molecular weight excluding hydrogens is 236 g/mol. The molecule has 0 atom stereocenters. The number of rotatable bonds is 5. The maximum absolute atomic E-state index is 11.8. The van der Waals surface area contributed by atoms with Crippen LogP contribution >= 0.6 is 0 Å². The normalized spacial score (nSPS) is 10.6. The first-order chi connectivity index (χ1) is 9.16. The number of nitrogens with two attached hydrogens (primary N) is 1. The van der Waals surface area contributed by atoms with Crippen LogP contribution < -0.4 is 11.3 Å². The highest BCUT2D eigenvalue weighted by Crippen LogP contribution is 2.08. The summed E-state index contributed by atoms with van der Waals surface area (Å²) < 4.78 is 1.70. The number of pyridine rings is 1. The van der Waals surface area contributed by atoms with Gasteiger partial charge in [0.1, 0.15) is 0 Å². The lowest BCUT2D eigenvalue weighted by molar-refractivity contribution is 0.594. The van der Waals surface area contributed by atoms with Gasteiger partial charge >= 0.3 is 0 Å². The topological polar surface area (TPSA) is 48.0 Å². The van der Waals surface area contributed by atoms with E-state index in [4.69, 9.17) is 5.73 Å². The third-order valence-corrected chi connectivity index (χ3v) is 3.33. The van der Waals surface area contributed by atoms with Crippen molar-refractivity contribution in [1.29, 1.82) is 0 Å². The molecule has 0 aliphatic carbocycles. The zero-order chi connectivity index (χ0) is 13.7. The minimum absolute atomic E-state index is 0.0337. The van der Waals surface area contributed by atoms with Crippen molar-refractivity contribution in [2.75, 3.05) is 5.73 Å². The zero-order valence-corrected chi connectivity index (χ0v) is 11.3. The summed E-state index contributed by atoms with van der Waals surface area (Å²) in [6, 6.07) is 12.0. The molecule has 0 saturated heterocycles. The second-order valence-corrected chi connectivity index (χ2v) is 4.89. The minimum Gasteiger partial charge on any atom is -0.397 e. The first kappa shape index (κ1) is 13.4. The van der Waals surface area contributed by atoms with Crippen LogP contribution in [-0.2, 0) is 13.0 Å². The summed E-state index contributed by atoms with van der Waals surface area (Å²) >= 11 is 0. The number of aryl methyl sites for hydroxylation is 3. The van der Waals surface area contributed by atoms with Crippen LogP contribution in [0.25, 0.3) is 0 Å². The fourth-order valence-corrected chi connectivity index (χ4v) is 2.12. The lowest BCUT2D eigenvalue weighted by Crippen LogP contribution is -2.20. The molecule has 0 spiro atoms. The third-order valence-electron chi connectivity index (χ3n) is 3.33. The average molecular weight is 256 g/mol. The highest BCUT2D eigenvalue weighted by molar-refractivity contribution is 5.42. The van der Waals surface area contributed by atoms with Gasteiger partial charge in [-0.1, -0.05) is 30.3 Å². The Kier molecular flexibility index (Phi) is 4.39. The molecule has 0 saturated carbocycles. The Morgan fingerprint density at radius 2 is 1.89 bits per heavy atom. The van der Waals surface area contributed by atoms with E-state index < -0.39 is 0 Å². The second kappa shape index (κ2) is 6.23. The third kappa shape index (κ3) is 3.71. The summed E-state index contributed by atoms with van der Waals surface area (Å²) in [5, 5.41) is 0. The maximum atomic E-state index is 11.8. The van der Waals surface area contributed by atoms with Gasteiger partial charge in [-0.15, -0.1) is 0 Å². The molecule has 0 radical (unpaired) electrons. The molecule has 3 heteroatoms. The minimum atomic E-state index is 0.0337. The van der Waals surface area contributed by atoms with Gasteiger partial charge in [-0.3, -0.25) is 4.79 Å². The Balaban J connectivity index is 1.86. The van der Waals surface area contributed by atoms with Crippen LogP contribution in [0.3, 0.4) is 0 Å². The molecule has 0 bridgehead atoms. The first-order valence-corrected chi connectivity index (χ1v) is 6.67. The van der Waals surface area contributed by atoms with E-state index in [1.54, 1.807) is 16.8 Å². The van der Waals surface area contributed by atoms with Gasteiger partial charge in [-0.2, -0.15) is 0 Å². The smallest absolute Gasteiger partial charge is 0.250 e. The second-order valence-electron chi connectivity index (χ2n) is 4.89. The van der Waals surface area contributed by atoms with Crippen LogP contribution in [0.4, 0.5) is 5.69 Å². The van der Waals surface area contributed by atoms with E-state index >= 15 is 0 Å². The van der Waals surface area contributed by atoms with E-state index in [0.717, 1.165) is 31.4 Å². The largest absolute Gasteiger partial charge is 0.397 e. The lowest BCUT2D eigenvalue weighted by Gasteiger charge is -2.08. The Labute approximate surface area is 113 Å². The van der Waals surface area contributed by atoms with Crippen LogP contribution in [0.15, 0.2) is 47.4 Å². The molecular formula is C16H20N2O. The van der Waals surface area contributed by atoms with Gasteiger partial charge in [-0.25, -0.2) is 0 Å². The van der Waals surface area contributed by atoms with E-state index in [0.29, 0.717) is 5.69 Å². The lowest BCUT2D eigenvalue weighted by atomic mass is 10.1. The van der Waals surface area contributed by atoms with Crippen molar-refractivity contribution >= 4 is 5.69 Å². The predicted molar refractivity (Wildman–Crippen MR) is 79.2 cm³/mol. The number of benzene rings is 1. The molecule has 3 nitrogen and oxygen atoms in total. The molecule has 100 valence electrons. The van der Waals surface area contributed by atoms with Crippen molar-refractivity contribution < 1.29 is 0 Å². The highest BCUT2D eigenvalue weighted by atomic mass is 16.1. The van der Waals surface area contributed by atoms with E-state index in [9.17, 15) is 4.79 Å². The van der Waals surface area contributed by atoms with E-state index in [2.05, 4.69) is 24.3 Å². The molecule has 19 heavy (non-hydrogen) atoms. The van der Waals surface area contributed by atoms with E-state index in [1.807, 2.05) is 13.0 Å². The van der Waals surface area contributed by atoms with Gasteiger partial charge in [0.2, 0.25) is 0 Å². The molecule has 1 heterocycles. The van der Waals surface area contributed by atoms with Crippen molar-refractivity contribution in [1.82, 2.24) is 4.57 Å². The van der Waals surface area contributed by atoms with Crippen molar-refractivity contribution in [3.05, 3.63) is 64.1 Å². The van der Waals surface area contributed by atoms with Crippen molar-refractivity contribution in [2.45, 2.75) is 32.7 Å². The summed E-state index contributed by atoms with van der Waals surface area (Å²) in [7, 11) is 0. The van der Waals surface area contributed by atoms with Crippen molar-refractivity contribution in [3.8, 4) is 0 Å². The molecule has 2 rings (SSSR count). The molecule has 1 aromatic carbocycles. The van der Waals surface area contributed by atoms with Crippen molar-refractivity contribution in [3.63, 3.8) is 0 Å². The standard InChI is InChI=1S/C16H20N2O/c1-13-11-16(19)18(12-15(13)17)10-6-5-9-14-7-3-2-4-8-14/h2-4,7-8,11-12H,5-6,9-10,17H2,1H3. The Morgan fingerprint density at radius 1 is 1.16 bits per heavy atom. The Morgan fingerprint density at radius 3 is 2.63 bits per heavy atom. The fourth-order valence-electron chi connectivity index (χ4n) is 2.12. The molecule has 0 unspecified atom stereocenters. The molecule has 0 aliphatic heterocycles. The monoisotopic (exact) mass is 256 g/mol. The summed E-state index contributed by atoms with van der Waals surface area (Å²) in [5.74, 6) is 0. The highest BCUT2D eigenvalue weighted by Gasteiger charge is 2.00. The number of hydrogen-bond acceptors (Lipinski definition) is 2. The zero-order valence-electron chi connectivity index (χ0n) is 11.3. The number of unbranched alkanes of at least 4 members (excludes halogenated alkanes) is 1. The first-order valence-electron chi connectivity index (χ1n) is 6.67. The molecule has 0 amide bonds. The van der Waals surface area contributed by atoms with Gasteiger partial charge < -0.3 is 10.3 Å². The predicted octanol–water partition coefficient (Wildman–Crippen LogP) is 2.76. The fraction of sp³-hybridized carbons (Fsp3) is 0.312. The van der Waals surface area contributed by atoms with Crippen LogP contribution in [0.5, 0.6) is 0 Å². The molecule has 0 aliphatic rings. The number of anilines is 1. The number of hydrogen-bond donors (Lipinski definition) is 1. The summed E-state index contributed by atoms with van der Waals surface area (Å²) in [5.41, 5.74) is 8.74. The SMILES string of the molecule is Cc1cc(=O)n(CCCCc2ccccc2)cc1N. The van der Waals surface area contributed by atoms with Crippen LogP contribution in [0, 0.1) is 6.92 Å². The average Bonchev–Trinajstić information content (AvgIpc) is 2.41. The van der Waals surface area contributed by atoms with Gasteiger partial charge in [0.25, 0.3) is 5.56 Å². The van der Waals surface area contributed by atoms with Gasteiger partial charge in [0.15, 0.2) is 0 Å². The Bertz CT molecular complexity index is 587. The molecule has 0 fully saturated rings. The summed E-state index contributed by atoms with van der Waals surface area (Å²) in [4.78, 5) is 11.8. The quantitative estimate of drug-likeness (QED) is 0.836. The van der Waals surface area contributed by atoms with Gasteiger partial charge in [0.05, 0.1) is 5.69 Å². The number of nitrogens with zero attached hydrogens (tertiary/aromatic N) is 1. The van der Waals surface area contributed by atoms with Gasteiger partial charge in [-0.05, 0) is 37.3 Å². The van der Waals surface area contributed by atoms with E-state index in [-0.39, 0.29) is 5.56 Å². The molecule has 2 N–H and O–H groups in total.